The first-order valence-electron chi connectivity index (χ1n) is 11.4. The van der Waals surface area contributed by atoms with E-state index in [1.165, 1.54) is 34.1 Å². The largest absolute Gasteiger partial charge is 0.573 e. The fourth-order valence-corrected chi connectivity index (χ4v) is 4.01. The molecule has 38 heavy (non-hydrogen) atoms. The predicted octanol–water partition coefficient (Wildman–Crippen LogP) is 6.69. The van der Waals surface area contributed by atoms with Gasteiger partial charge in [0.2, 0.25) is 0 Å². The second-order valence-electron chi connectivity index (χ2n) is 8.45. The number of anilines is 2. The molecule has 1 fully saturated rings. The van der Waals surface area contributed by atoms with Crippen molar-refractivity contribution < 1.29 is 40.7 Å². The number of carbonyl (C=O) groups is 2. The van der Waals surface area contributed by atoms with Crippen LogP contribution in [0.2, 0.25) is 0 Å². The zero-order valence-electron chi connectivity index (χ0n) is 19.6. The highest BCUT2D eigenvalue weighted by molar-refractivity contribution is 6.07. The number of nitrogens with one attached hydrogen (secondary N) is 1. The lowest BCUT2D eigenvalue weighted by molar-refractivity contribution is -0.274. The predicted molar refractivity (Wildman–Crippen MR) is 127 cm³/mol. The molecule has 0 aliphatic carbocycles. The number of halogens is 6. The van der Waals surface area contributed by atoms with E-state index in [0.717, 1.165) is 30.3 Å². The van der Waals surface area contributed by atoms with Crippen LogP contribution in [0.3, 0.4) is 0 Å². The van der Waals surface area contributed by atoms with Crippen molar-refractivity contribution in [2.45, 2.75) is 25.5 Å². The van der Waals surface area contributed by atoms with Crippen molar-refractivity contribution in [2.75, 3.05) is 23.3 Å². The Morgan fingerprint density at radius 2 is 1.61 bits per heavy atom. The van der Waals surface area contributed by atoms with Crippen LogP contribution < -0.4 is 15.0 Å². The minimum absolute atomic E-state index is 0.125. The van der Waals surface area contributed by atoms with Gasteiger partial charge in [0.15, 0.2) is 0 Å². The number of para-hydroxylation sites is 2. The van der Waals surface area contributed by atoms with Crippen LogP contribution in [0.5, 0.6) is 5.75 Å². The molecule has 0 unspecified atom stereocenters. The van der Waals surface area contributed by atoms with Crippen LogP contribution in [0.15, 0.2) is 72.8 Å². The van der Waals surface area contributed by atoms with Gasteiger partial charge in [-0.2, -0.15) is 13.2 Å². The van der Waals surface area contributed by atoms with Gasteiger partial charge in [-0.1, -0.05) is 30.3 Å². The molecule has 6 nitrogen and oxygen atoms in total. The summed E-state index contributed by atoms with van der Waals surface area (Å²) in [7, 11) is 0. The normalized spacial score (nSPS) is 14.4. The van der Waals surface area contributed by atoms with Gasteiger partial charge in [0.25, 0.3) is 5.91 Å². The number of hydrogen-bond acceptors (Lipinski definition) is 3. The molecule has 0 atom stereocenters. The quantitative estimate of drug-likeness (QED) is 0.357. The van der Waals surface area contributed by atoms with Crippen LogP contribution in [-0.2, 0) is 12.7 Å². The number of benzene rings is 3. The number of carbonyl (C=O) groups excluding carboxylic acids is 2. The van der Waals surface area contributed by atoms with Crippen LogP contribution in [-0.4, -0.2) is 36.3 Å². The van der Waals surface area contributed by atoms with Gasteiger partial charge in [-0.05, 0) is 54.4 Å². The highest BCUT2D eigenvalue weighted by Gasteiger charge is 2.32. The van der Waals surface area contributed by atoms with E-state index in [4.69, 9.17) is 0 Å². The third kappa shape index (κ3) is 6.55. The van der Waals surface area contributed by atoms with Gasteiger partial charge in [-0.15, -0.1) is 13.2 Å². The summed E-state index contributed by atoms with van der Waals surface area (Å²) in [5.74, 6) is -1.15. The van der Waals surface area contributed by atoms with Crippen molar-refractivity contribution in [1.29, 1.82) is 0 Å². The second kappa shape index (κ2) is 10.6. The summed E-state index contributed by atoms with van der Waals surface area (Å²) in [5.41, 5.74) is 0.0218. The van der Waals surface area contributed by atoms with E-state index in [9.17, 15) is 35.9 Å². The standard InChI is InChI=1S/C26H21F6N3O3/c27-25(28,29)19-6-3-5-18(15-19)23(36)33-21-7-1-2-8-22(21)35-14-4-13-34(24(35)37)16-17-9-11-20(12-10-17)38-26(30,31)32/h1-3,5-12,15H,4,13-14,16H2,(H,33,36). The summed E-state index contributed by atoms with van der Waals surface area (Å²) in [4.78, 5) is 29.0. The Bertz CT molecular complexity index is 1310. The molecule has 12 heteroatoms. The Labute approximate surface area is 213 Å². The fourth-order valence-electron chi connectivity index (χ4n) is 4.01. The minimum Gasteiger partial charge on any atom is -0.406 e. The first-order valence-corrected chi connectivity index (χ1v) is 11.4. The van der Waals surface area contributed by atoms with Crippen molar-refractivity contribution in [3.63, 3.8) is 0 Å². The summed E-state index contributed by atoms with van der Waals surface area (Å²) in [5, 5.41) is 2.59. The van der Waals surface area contributed by atoms with Crippen molar-refractivity contribution >= 4 is 23.3 Å². The third-order valence-corrected chi connectivity index (χ3v) is 5.74. The molecule has 0 saturated carbocycles. The van der Waals surface area contributed by atoms with Gasteiger partial charge in [0.1, 0.15) is 5.75 Å². The van der Waals surface area contributed by atoms with Crippen LogP contribution in [0, 0.1) is 0 Å². The molecule has 1 N–H and O–H groups in total. The molecule has 1 saturated heterocycles. The fraction of sp³-hybridized carbons (Fsp3) is 0.231. The molecule has 3 amide bonds. The molecule has 0 radical (unpaired) electrons. The van der Waals surface area contributed by atoms with Crippen LogP contribution >= 0.6 is 0 Å². The molecule has 200 valence electrons. The molecule has 3 aromatic carbocycles. The average Bonchev–Trinajstić information content (AvgIpc) is 2.86. The first kappa shape index (κ1) is 26.8. The number of hydrogen-bond donors (Lipinski definition) is 1. The molecule has 1 aliphatic rings. The van der Waals surface area contributed by atoms with E-state index in [1.54, 1.807) is 18.2 Å². The molecule has 0 spiro atoms. The maximum atomic E-state index is 13.3. The topological polar surface area (TPSA) is 61.9 Å². The number of alkyl halides is 6. The highest BCUT2D eigenvalue weighted by atomic mass is 19.4. The SMILES string of the molecule is O=C(Nc1ccccc1N1CCCN(Cc2ccc(OC(F)(F)F)cc2)C1=O)c1cccc(C(F)(F)F)c1. The lowest BCUT2D eigenvalue weighted by Gasteiger charge is -2.36. The molecule has 3 aromatic rings. The lowest BCUT2D eigenvalue weighted by atomic mass is 10.1. The first-order chi connectivity index (χ1) is 17.9. The summed E-state index contributed by atoms with van der Waals surface area (Å²) in [6.07, 6.45) is -8.85. The Kier molecular flexibility index (Phi) is 7.51. The lowest BCUT2D eigenvalue weighted by Crippen LogP contribution is -2.49. The second-order valence-corrected chi connectivity index (χ2v) is 8.45. The van der Waals surface area contributed by atoms with E-state index in [-0.39, 0.29) is 23.5 Å². The monoisotopic (exact) mass is 537 g/mol. The Hall–Kier alpha value is -4.22. The highest BCUT2D eigenvalue weighted by Crippen LogP contribution is 2.32. The maximum absolute atomic E-state index is 13.3. The van der Waals surface area contributed by atoms with Crippen LogP contribution in [0.25, 0.3) is 0 Å². The molecule has 0 aromatic heterocycles. The molecular formula is C26H21F6N3O3. The maximum Gasteiger partial charge on any atom is 0.573 e. The Morgan fingerprint density at radius 3 is 2.29 bits per heavy atom. The van der Waals surface area contributed by atoms with Gasteiger partial charge in [-0.3, -0.25) is 9.69 Å². The van der Waals surface area contributed by atoms with E-state index in [0.29, 0.717) is 30.8 Å². The van der Waals surface area contributed by atoms with Gasteiger partial charge in [0.05, 0.1) is 16.9 Å². The summed E-state index contributed by atoms with van der Waals surface area (Å²) >= 11 is 0. The third-order valence-electron chi connectivity index (χ3n) is 5.74. The molecule has 1 aliphatic heterocycles. The minimum atomic E-state index is -4.81. The van der Waals surface area contributed by atoms with E-state index < -0.39 is 30.0 Å². The van der Waals surface area contributed by atoms with Crippen molar-refractivity contribution in [2.24, 2.45) is 0 Å². The Morgan fingerprint density at radius 1 is 0.895 bits per heavy atom. The molecule has 0 bridgehead atoms. The van der Waals surface area contributed by atoms with Crippen LogP contribution in [0.1, 0.15) is 27.9 Å². The summed E-state index contributed by atoms with van der Waals surface area (Å²) in [6, 6.07) is 15.2. The zero-order valence-corrected chi connectivity index (χ0v) is 19.6. The molecular weight excluding hydrogens is 516 g/mol. The van der Waals surface area contributed by atoms with Crippen LogP contribution in [0.4, 0.5) is 42.5 Å². The molecule has 4 rings (SSSR count). The number of amides is 3. The summed E-state index contributed by atoms with van der Waals surface area (Å²) < 4.78 is 80.2. The van der Waals surface area contributed by atoms with E-state index in [2.05, 4.69) is 10.1 Å². The van der Waals surface area contributed by atoms with E-state index >= 15 is 0 Å². The average molecular weight is 537 g/mol. The van der Waals surface area contributed by atoms with Crippen molar-refractivity contribution in [1.82, 2.24) is 4.90 Å². The van der Waals surface area contributed by atoms with Gasteiger partial charge < -0.3 is 15.0 Å². The number of nitrogens with zero attached hydrogens (tertiary/aromatic N) is 2. The van der Waals surface area contributed by atoms with Gasteiger partial charge in [0, 0.05) is 25.2 Å². The number of rotatable bonds is 6. The Balaban J connectivity index is 1.49. The van der Waals surface area contributed by atoms with Crippen molar-refractivity contribution in [3.05, 3.63) is 89.5 Å². The summed E-state index contributed by atoms with van der Waals surface area (Å²) in [6.45, 7) is 0.847. The van der Waals surface area contributed by atoms with Gasteiger partial charge in [-0.25, -0.2) is 4.79 Å². The number of urea groups is 1. The van der Waals surface area contributed by atoms with E-state index in [1.807, 2.05) is 0 Å². The van der Waals surface area contributed by atoms with Crippen molar-refractivity contribution in [3.8, 4) is 5.75 Å². The zero-order chi connectivity index (χ0) is 27.5. The number of ether oxygens (including phenoxy) is 1. The van der Waals surface area contributed by atoms with Gasteiger partial charge >= 0.3 is 18.6 Å². The smallest absolute Gasteiger partial charge is 0.406 e. The molecule has 1 heterocycles.